The van der Waals surface area contributed by atoms with Crippen molar-refractivity contribution < 1.29 is 64.0 Å². The molecule has 6 N–H and O–H groups in total. The van der Waals surface area contributed by atoms with Crippen LogP contribution >= 0.6 is 0 Å². The molecule has 17 heteroatoms. The molecule has 8 fully saturated rings. The van der Waals surface area contributed by atoms with Crippen molar-refractivity contribution in [1.82, 2.24) is 19.6 Å². The van der Waals surface area contributed by atoms with Crippen LogP contribution in [0.5, 0.6) is 34.5 Å². The Morgan fingerprint density at radius 3 is 1.40 bits per heavy atom. The van der Waals surface area contributed by atoms with Crippen molar-refractivity contribution in [2.75, 3.05) is 54.4 Å². The van der Waals surface area contributed by atoms with Gasteiger partial charge in [0.25, 0.3) is 0 Å². The molecule has 20 rings (SSSR count). The van der Waals surface area contributed by atoms with Crippen LogP contribution in [-0.2, 0) is 74.9 Å². The molecule has 4 saturated carbocycles. The van der Waals surface area contributed by atoms with E-state index in [1.807, 2.05) is 31.3 Å². The van der Waals surface area contributed by atoms with E-state index in [2.05, 4.69) is 59.5 Å². The number of likely N-dealkylation sites (N-methyl/N-ethyl adjacent to an activating group) is 4. The number of carbonyl (C=O) groups excluding carboxylic acids is 3. The van der Waals surface area contributed by atoms with Crippen LogP contribution < -0.4 is 18.9 Å². The van der Waals surface area contributed by atoms with E-state index in [0.717, 1.165) is 129 Å². The van der Waals surface area contributed by atoms with Gasteiger partial charge < -0.3 is 69.2 Å². The highest BCUT2D eigenvalue weighted by atomic mass is 16.5. The number of phenolic OH excluding ortho intramolecular Hbond substituents is 2. The van der Waals surface area contributed by atoms with Crippen molar-refractivity contribution in [2.24, 2.45) is 11.8 Å². The number of benzene rings is 4. The van der Waals surface area contributed by atoms with Crippen LogP contribution in [0.3, 0.4) is 0 Å². The quantitative estimate of drug-likeness (QED) is 0.140. The first-order valence-electron chi connectivity index (χ1n) is 32.7. The lowest BCUT2D eigenvalue weighted by Gasteiger charge is -2.62. The van der Waals surface area contributed by atoms with Gasteiger partial charge in [-0.1, -0.05) is 43.0 Å². The van der Waals surface area contributed by atoms with Crippen molar-refractivity contribution >= 4 is 17.3 Å². The number of nitrogens with zero attached hydrogens (tertiary/aromatic N) is 4. The maximum atomic E-state index is 12.6. The van der Waals surface area contributed by atoms with Crippen LogP contribution in [0.25, 0.3) is 0 Å². The fourth-order valence-corrected chi connectivity index (χ4v) is 22.6. The molecule has 4 spiro atoms. The van der Waals surface area contributed by atoms with Gasteiger partial charge in [0.05, 0.1) is 35.2 Å². The minimum absolute atomic E-state index is 0.00319. The molecule has 0 aromatic heterocycles. The largest absolute Gasteiger partial charge is 0.504 e. The van der Waals surface area contributed by atoms with Gasteiger partial charge in [-0.2, -0.15) is 0 Å². The molecule has 0 radical (unpaired) electrons. The van der Waals surface area contributed by atoms with Crippen LogP contribution in [0, 0.1) is 11.8 Å². The Morgan fingerprint density at radius 2 is 0.864 bits per heavy atom. The standard InChI is InChI=1S/C18H21NO4.C18H21NO3.C18H21NO2.C17H19NO4/c1-19-7-6-17-14-10-2-3-11(9-20)15(14)23-16(17)12(21)4-5-18(17,22)13(19)8-10;1-19-7-6-18-12-4-5-14(21)17(18)22-16-11(9-20)3-2-10(15(16)18)8-13(12)19;1-10-3-5-12-13-9-11-4-6-14(20)16-15(11)18(12,17(10)21-16)7-8-19(13)2;1-18-7-6-16-13-9-2-3-10(19)14(13)22-15(16)11(20)4-5-17(16,21)12(18)8-9/h2-3,13,16,20,22H,4-9H2,1H3;2-3,12-13,17,20H,4-9H2,1H3;4,6,12-13,17,20H,1,3,5,7-9H2,2H3;2-3,12,15,19,21H,4-8H2,1H3/t13?,16-,17-,18+;2*12-,13?,17-,18-;12?,15-,16-,17+/m0000/s1. The fourth-order valence-electron chi connectivity index (χ4n) is 22.6. The Balaban J connectivity index is 0.0000000911. The van der Waals surface area contributed by atoms with E-state index < -0.39 is 34.2 Å². The molecule has 88 heavy (non-hydrogen) atoms. The molecule has 8 bridgehead atoms. The summed E-state index contributed by atoms with van der Waals surface area (Å²) in [6, 6.07) is 16.7. The Hall–Kier alpha value is -5.89. The Morgan fingerprint density at radius 1 is 0.466 bits per heavy atom. The maximum Gasteiger partial charge on any atom is 0.174 e. The van der Waals surface area contributed by atoms with Crippen molar-refractivity contribution in [3.63, 3.8) is 0 Å². The summed E-state index contributed by atoms with van der Waals surface area (Å²) in [4.78, 5) is 47.2. The van der Waals surface area contributed by atoms with E-state index in [-0.39, 0.29) is 71.4 Å². The predicted octanol–water partition coefficient (Wildman–Crippen LogP) is 5.31. The number of ether oxygens (including phenoxy) is 4. The van der Waals surface area contributed by atoms with Crippen LogP contribution in [0.2, 0.25) is 0 Å². The molecule has 4 saturated heterocycles. The second kappa shape index (κ2) is 18.9. The maximum absolute atomic E-state index is 12.6. The molecular formula is C71H82N4O13. The average molecular weight is 1200 g/mol. The lowest BCUT2D eigenvalue weighted by molar-refractivity contribution is -0.185. The number of piperidine rings is 4. The summed E-state index contributed by atoms with van der Waals surface area (Å²) < 4.78 is 24.6. The molecule has 16 aliphatic rings. The third-order valence-corrected chi connectivity index (χ3v) is 26.5. The molecular weight excluding hydrogens is 1120 g/mol. The van der Waals surface area contributed by atoms with Gasteiger partial charge in [-0.05, 0) is 190 Å². The van der Waals surface area contributed by atoms with E-state index in [4.69, 9.17) is 18.9 Å². The zero-order chi connectivity index (χ0) is 60.7. The minimum atomic E-state index is -0.954. The summed E-state index contributed by atoms with van der Waals surface area (Å²) in [6.07, 6.45) is 11.3. The second-order valence-electron chi connectivity index (χ2n) is 29.5. The zero-order valence-corrected chi connectivity index (χ0v) is 51.0. The third kappa shape index (κ3) is 6.67. The molecule has 8 aliphatic carbocycles. The van der Waals surface area contributed by atoms with Gasteiger partial charge in [-0.15, -0.1) is 0 Å². The van der Waals surface area contributed by atoms with Crippen LogP contribution in [0.4, 0.5) is 0 Å². The summed E-state index contributed by atoms with van der Waals surface area (Å²) in [7, 11) is 8.58. The van der Waals surface area contributed by atoms with Gasteiger partial charge in [0.1, 0.15) is 17.6 Å². The van der Waals surface area contributed by atoms with Gasteiger partial charge in [0.2, 0.25) is 0 Å². The zero-order valence-electron chi connectivity index (χ0n) is 51.0. The molecule has 16 atom stereocenters. The first-order chi connectivity index (χ1) is 42.3. The van der Waals surface area contributed by atoms with Gasteiger partial charge in [-0.25, -0.2) is 0 Å². The van der Waals surface area contributed by atoms with Gasteiger partial charge in [-0.3, -0.25) is 14.4 Å². The SMILES string of the molecule is C=C1CC[C@H]2C3Cc4ccc(O)c5c4[C@@]2(CCN3C)[C@H]1O5.CN1CC[C@]23c4c5ccc(CO)c4O[C@H]2C(=O)CC[C@@]3(O)C1C5.CN1CC[C@]23c4c5ccc(CO)c4O[C@H]2C(=O)CC[C@H]3C1C5.CN1CC[C@]23c4c5ccc(O)c4O[C@H]2C(=O)CC[C@@]3(O)C1C5. The number of Topliss-reactive ketones (excluding diaryl/α,β-unsaturated/α-hetero) is 3. The number of rotatable bonds is 2. The Labute approximate surface area is 513 Å². The fraction of sp³-hybridized carbons (Fsp3) is 0.592. The number of ketones is 3. The van der Waals surface area contributed by atoms with E-state index in [0.29, 0.717) is 79.7 Å². The number of phenols is 2. The van der Waals surface area contributed by atoms with E-state index in [1.165, 1.54) is 34.2 Å². The first kappa shape index (κ1) is 56.1. The topological polar surface area (TPSA) is 222 Å². The summed E-state index contributed by atoms with van der Waals surface area (Å²) >= 11 is 0. The van der Waals surface area contributed by atoms with E-state index >= 15 is 0 Å². The molecule has 464 valence electrons. The minimum Gasteiger partial charge on any atom is -0.504 e. The van der Waals surface area contributed by atoms with Gasteiger partial charge >= 0.3 is 0 Å². The third-order valence-electron chi connectivity index (χ3n) is 26.5. The van der Waals surface area contributed by atoms with Crippen molar-refractivity contribution in [1.29, 1.82) is 0 Å². The molecule has 4 aromatic carbocycles. The molecule has 8 heterocycles. The first-order valence-corrected chi connectivity index (χ1v) is 32.7. The summed E-state index contributed by atoms with van der Waals surface area (Å²) in [6.45, 7) is 7.98. The van der Waals surface area contributed by atoms with Crippen LogP contribution in [0.1, 0.15) is 133 Å². The van der Waals surface area contributed by atoms with E-state index in [1.54, 1.807) is 12.1 Å². The van der Waals surface area contributed by atoms with Gasteiger partial charge in [0, 0.05) is 87.6 Å². The molecule has 8 aliphatic heterocycles. The number of hydrogen-bond acceptors (Lipinski definition) is 17. The molecule has 4 aromatic rings. The highest BCUT2D eigenvalue weighted by Crippen LogP contribution is 2.68. The summed E-state index contributed by atoms with van der Waals surface area (Å²) in [5.41, 5.74) is 9.02. The summed E-state index contributed by atoms with van der Waals surface area (Å²) in [5, 5.41) is 63.2. The number of likely N-dealkylation sites (tertiary alicyclic amines) is 4. The lowest BCUT2D eigenvalue weighted by atomic mass is 9.49. The number of carbonyl (C=O) groups is 3. The second-order valence-corrected chi connectivity index (χ2v) is 29.5. The van der Waals surface area contributed by atoms with Crippen molar-refractivity contribution in [3.05, 3.63) is 116 Å². The summed E-state index contributed by atoms with van der Waals surface area (Å²) in [5.74, 6) is 4.61. The highest BCUT2D eigenvalue weighted by Gasteiger charge is 2.75. The number of aromatic hydroxyl groups is 2. The van der Waals surface area contributed by atoms with Crippen molar-refractivity contribution in [2.45, 2.75) is 197 Å². The average Bonchev–Trinajstić information content (AvgIpc) is 1.41. The number of aliphatic hydroxyl groups is 4. The number of aliphatic hydroxyl groups excluding tert-OH is 2. The van der Waals surface area contributed by atoms with E-state index in [9.17, 15) is 45.0 Å². The normalized spacial score (nSPS) is 40.3. The molecule has 17 nitrogen and oxygen atoms in total. The van der Waals surface area contributed by atoms with Crippen LogP contribution in [-0.4, -0.2) is 182 Å². The smallest absolute Gasteiger partial charge is 0.174 e. The highest BCUT2D eigenvalue weighted by molar-refractivity contribution is 5.91. The predicted molar refractivity (Wildman–Crippen MR) is 322 cm³/mol. The van der Waals surface area contributed by atoms with Crippen molar-refractivity contribution in [3.8, 4) is 34.5 Å². The lowest BCUT2D eigenvalue weighted by Crippen LogP contribution is -2.76. The van der Waals surface area contributed by atoms with Gasteiger partial charge in [0.15, 0.2) is 58.7 Å². The Kier molecular flexibility index (Phi) is 12.0. The Bertz CT molecular complexity index is 3760. The monoisotopic (exact) mass is 1200 g/mol. The molecule has 0 amide bonds. The van der Waals surface area contributed by atoms with Crippen LogP contribution in [0.15, 0.2) is 60.7 Å². The number of hydrogen-bond donors (Lipinski definition) is 6. The molecule has 4 unspecified atom stereocenters.